The maximum Gasteiger partial charge on any atom is 0.311 e. The Labute approximate surface area is 211 Å². The van der Waals surface area contributed by atoms with E-state index in [2.05, 4.69) is 10.2 Å². The van der Waals surface area contributed by atoms with Gasteiger partial charge in [-0.25, -0.2) is 0 Å². The maximum atomic E-state index is 13.4. The Bertz CT molecular complexity index is 1080. The summed E-state index contributed by atoms with van der Waals surface area (Å²) in [6.45, 7) is 3.05. The van der Waals surface area contributed by atoms with Gasteiger partial charge in [0.05, 0.1) is 26.2 Å². The standard InChI is InChI=1S/C28H34N2O6/c1-3-34-28(32)26-22(19-10-13-23-24(14-19)36-17-35-23)15-30(16-25(31)29-20-6-4-5-7-20)27(26)18-8-11-21(33-2)12-9-18/h8-14,20,22,26-27H,3-7,15-17H2,1-2H3,(H,29,31)/t22-,26-,27+/m1/s1. The summed E-state index contributed by atoms with van der Waals surface area (Å²) in [5.41, 5.74) is 1.92. The van der Waals surface area contributed by atoms with Crippen molar-refractivity contribution in [3.05, 3.63) is 53.6 Å². The van der Waals surface area contributed by atoms with Gasteiger partial charge in [0.2, 0.25) is 12.7 Å². The molecule has 3 atom stereocenters. The van der Waals surface area contributed by atoms with Crippen LogP contribution < -0.4 is 19.5 Å². The van der Waals surface area contributed by atoms with E-state index in [1.165, 1.54) is 0 Å². The summed E-state index contributed by atoms with van der Waals surface area (Å²) < 4.78 is 22.0. The largest absolute Gasteiger partial charge is 0.497 e. The van der Waals surface area contributed by atoms with Crippen LogP contribution in [0.5, 0.6) is 17.2 Å². The molecule has 0 unspecified atom stereocenters. The van der Waals surface area contributed by atoms with Crippen LogP contribution in [-0.4, -0.2) is 56.4 Å². The molecule has 2 aromatic carbocycles. The monoisotopic (exact) mass is 494 g/mol. The molecular formula is C28H34N2O6. The minimum atomic E-state index is -0.488. The molecule has 1 aliphatic carbocycles. The third kappa shape index (κ3) is 5.00. The van der Waals surface area contributed by atoms with Crippen LogP contribution in [0.4, 0.5) is 0 Å². The molecule has 0 bridgehead atoms. The van der Waals surface area contributed by atoms with Gasteiger partial charge in [-0.1, -0.05) is 31.0 Å². The van der Waals surface area contributed by atoms with Gasteiger partial charge in [0.25, 0.3) is 0 Å². The highest BCUT2D eigenvalue weighted by molar-refractivity contribution is 5.80. The Morgan fingerprint density at radius 3 is 2.47 bits per heavy atom. The highest BCUT2D eigenvalue weighted by atomic mass is 16.7. The number of likely N-dealkylation sites (tertiary alicyclic amines) is 1. The second kappa shape index (κ2) is 10.8. The lowest BCUT2D eigenvalue weighted by Gasteiger charge is -2.28. The fourth-order valence-electron chi connectivity index (χ4n) is 5.83. The first-order valence-electron chi connectivity index (χ1n) is 12.8. The van der Waals surface area contributed by atoms with E-state index in [1.54, 1.807) is 7.11 Å². The zero-order valence-electron chi connectivity index (χ0n) is 20.9. The molecule has 8 nitrogen and oxygen atoms in total. The smallest absolute Gasteiger partial charge is 0.311 e. The Morgan fingerprint density at radius 2 is 1.75 bits per heavy atom. The van der Waals surface area contributed by atoms with E-state index in [-0.39, 0.29) is 43.2 Å². The van der Waals surface area contributed by atoms with Crippen molar-refractivity contribution in [1.29, 1.82) is 0 Å². The number of hydrogen-bond donors (Lipinski definition) is 1. The average molecular weight is 495 g/mol. The number of ether oxygens (including phenoxy) is 4. The first kappa shape index (κ1) is 24.4. The van der Waals surface area contributed by atoms with Gasteiger partial charge in [0.15, 0.2) is 11.5 Å². The fraction of sp³-hybridized carbons (Fsp3) is 0.500. The van der Waals surface area contributed by atoms with E-state index in [9.17, 15) is 9.59 Å². The van der Waals surface area contributed by atoms with Gasteiger partial charge in [-0.2, -0.15) is 0 Å². The molecule has 2 aliphatic heterocycles. The Hall–Kier alpha value is -3.26. The van der Waals surface area contributed by atoms with E-state index in [0.29, 0.717) is 24.7 Å². The number of benzene rings is 2. The van der Waals surface area contributed by atoms with Crippen LogP contribution in [0.15, 0.2) is 42.5 Å². The molecule has 2 heterocycles. The van der Waals surface area contributed by atoms with Gasteiger partial charge in [-0.3, -0.25) is 14.5 Å². The van der Waals surface area contributed by atoms with Gasteiger partial charge in [0.1, 0.15) is 5.75 Å². The van der Waals surface area contributed by atoms with Crippen LogP contribution in [0.2, 0.25) is 0 Å². The molecule has 0 radical (unpaired) electrons. The summed E-state index contributed by atoms with van der Waals surface area (Å²) >= 11 is 0. The van der Waals surface area contributed by atoms with Crippen LogP contribution in [0.1, 0.15) is 55.7 Å². The number of amides is 1. The van der Waals surface area contributed by atoms with E-state index in [0.717, 1.165) is 42.6 Å². The summed E-state index contributed by atoms with van der Waals surface area (Å²) in [5, 5.41) is 3.20. The number of carbonyl (C=O) groups excluding carboxylic acids is 2. The molecule has 1 amide bonds. The quantitative estimate of drug-likeness (QED) is 0.559. The number of rotatable bonds is 8. The maximum absolute atomic E-state index is 13.4. The summed E-state index contributed by atoms with van der Waals surface area (Å²) in [6, 6.07) is 13.5. The van der Waals surface area contributed by atoms with Crippen molar-refractivity contribution >= 4 is 11.9 Å². The van der Waals surface area contributed by atoms with Crippen LogP contribution in [0.25, 0.3) is 0 Å². The highest BCUT2D eigenvalue weighted by Crippen LogP contribution is 2.48. The summed E-state index contributed by atoms with van der Waals surface area (Å²) in [5.74, 6) is 1.18. The van der Waals surface area contributed by atoms with Crippen molar-refractivity contribution in [3.8, 4) is 17.2 Å². The molecule has 8 heteroatoms. The lowest BCUT2D eigenvalue weighted by molar-refractivity contribution is -0.149. The van der Waals surface area contributed by atoms with E-state index in [4.69, 9.17) is 18.9 Å². The van der Waals surface area contributed by atoms with Crippen LogP contribution in [0, 0.1) is 5.92 Å². The molecule has 1 saturated heterocycles. The molecule has 3 aliphatic rings. The topological polar surface area (TPSA) is 86.3 Å². The second-order valence-electron chi connectivity index (χ2n) is 9.69. The molecule has 36 heavy (non-hydrogen) atoms. The number of fused-ring (bicyclic) bond motifs is 1. The number of esters is 1. The molecule has 0 aromatic heterocycles. The minimum Gasteiger partial charge on any atom is -0.497 e. The van der Waals surface area contributed by atoms with E-state index in [1.807, 2.05) is 49.4 Å². The number of carbonyl (C=O) groups is 2. The van der Waals surface area contributed by atoms with E-state index >= 15 is 0 Å². The second-order valence-corrected chi connectivity index (χ2v) is 9.69. The van der Waals surface area contributed by atoms with Crippen molar-refractivity contribution in [2.24, 2.45) is 5.92 Å². The molecule has 192 valence electrons. The summed E-state index contributed by atoms with van der Waals surface area (Å²) in [4.78, 5) is 28.7. The Morgan fingerprint density at radius 1 is 1.03 bits per heavy atom. The molecule has 2 aromatic rings. The van der Waals surface area contributed by atoms with Gasteiger partial charge >= 0.3 is 5.97 Å². The highest BCUT2D eigenvalue weighted by Gasteiger charge is 2.48. The first-order valence-corrected chi connectivity index (χ1v) is 12.8. The molecule has 5 rings (SSSR count). The Balaban J connectivity index is 1.49. The number of nitrogens with zero attached hydrogens (tertiary/aromatic N) is 1. The SMILES string of the molecule is CCOC(=O)[C@@H]1[C@@H](c2ccc3c(c2)OCO3)CN(CC(=O)NC2CCCC2)[C@H]1c1ccc(OC)cc1. The zero-order chi connectivity index (χ0) is 25.1. The van der Waals surface area contributed by atoms with Crippen molar-refractivity contribution < 1.29 is 28.5 Å². The molecule has 2 fully saturated rings. The third-order valence-corrected chi connectivity index (χ3v) is 7.51. The zero-order valence-corrected chi connectivity index (χ0v) is 20.9. The predicted octanol–water partition coefficient (Wildman–Crippen LogP) is 3.80. The van der Waals surface area contributed by atoms with Crippen LogP contribution in [0.3, 0.4) is 0 Å². The average Bonchev–Trinajstić information content (AvgIpc) is 3.64. The van der Waals surface area contributed by atoms with Crippen molar-refractivity contribution in [3.63, 3.8) is 0 Å². The van der Waals surface area contributed by atoms with Gasteiger partial charge in [-0.05, 0) is 55.2 Å². The van der Waals surface area contributed by atoms with Crippen molar-refractivity contribution in [2.45, 2.75) is 50.6 Å². The van der Waals surface area contributed by atoms with Crippen molar-refractivity contribution in [2.75, 3.05) is 33.6 Å². The lowest BCUT2D eigenvalue weighted by atomic mass is 9.82. The van der Waals surface area contributed by atoms with Crippen molar-refractivity contribution in [1.82, 2.24) is 10.2 Å². The number of nitrogens with one attached hydrogen (secondary N) is 1. The van der Waals surface area contributed by atoms with Crippen LogP contribution in [-0.2, 0) is 14.3 Å². The summed E-state index contributed by atoms with van der Waals surface area (Å²) in [6.07, 6.45) is 4.36. The first-order chi connectivity index (χ1) is 17.6. The molecule has 1 saturated carbocycles. The third-order valence-electron chi connectivity index (χ3n) is 7.51. The fourth-order valence-corrected chi connectivity index (χ4v) is 5.83. The normalized spacial score (nSPS) is 23.6. The van der Waals surface area contributed by atoms with Gasteiger partial charge in [0, 0.05) is 24.5 Å². The number of methoxy groups -OCH3 is 1. The van der Waals surface area contributed by atoms with E-state index < -0.39 is 5.92 Å². The predicted molar refractivity (Wildman–Crippen MR) is 133 cm³/mol. The van der Waals surface area contributed by atoms with Gasteiger partial charge < -0.3 is 24.3 Å². The molecule has 1 N–H and O–H groups in total. The summed E-state index contributed by atoms with van der Waals surface area (Å²) in [7, 11) is 1.63. The van der Waals surface area contributed by atoms with Crippen LogP contribution >= 0.6 is 0 Å². The molecule has 0 spiro atoms. The number of hydrogen-bond acceptors (Lipinski definition) is 7. The van der Waals surface area contributed by atoms with Gasteiger partial charge in [-0.15, -0.1) is 0 Å². The Kier molecular flexibility index (Phi) is 7.32. The molecular weight excluding hydrogens is 460 g/mol. The lowest BCUT2D eigenvalue weighted by Crippen LogP contribution is -2.41. The minimum absolute atomic E-state index is 0.00522.